The second kappa shape index (κ2) is 8.28. The van der Waals surface area contributed by atoms with Crippen LogP contribution < -0.4 is 10.1 Å². The molecule has 0 unspecified atom stereocenters. The van der Waals surface area contributed by atoms with Crippen LogP contribution in [0.3, 0.4) is 0 Å². The number of hydrogen-bond acceptors (Lipinski definition) is 5. The lowest BCUT2D eigenvalue weighted by Crippen LogP contribution is -1.98. The summed E-state index contributed by atoms with van der Waals surface area (Å²) >= 11 is 0. The van der Waals surface area contributed by atoms with Crippen molar-refractivity contribution in [2.45, 2.75) is 6.61 Å². The van der Waals surface area contributed by atoms with E-state index in [-0.39, 0.29) is 5.82 Å². The summed E-state index contributed by atoms with van der Waals surface area (Å²) in [5.74, 6) is 1.92. The van der Waals surface area contributed by atoms with E-state index in [2.05, 4.69) is 15.3 Å². The Hall–Kier alpha value is -4.19. The van der Waals surface area contributed by atoms with Crippen LogP contribution >= 0.6 is 0 Å². The van der Waals surface area contributed by atoms with Crippen LogP contribution in [0.1, 0.15) is 5.56 Å². The van der Waals surface area contributed by atoms with Crippen molar-refractivity contribution in [1.82, 2.24) is 9.97 Å². The molecule has 0 amide bonds. The van der Waals surface area contributed by atoms with E-state index in [9.17, 15) is 4.39 Å². The van der Waals surface area contributed by atoms with Crippen molar-refractivity contribution < 1.29 is 13.5 Å². The first kappa shape index (κ1) is 18.8. The topological polar surface area (TPSA) is 60.2 Å². The third kappa shape index (κ3) is 4.23. The second-order valence-corrected chi connectivity index (χ2v) is 7.00. The number of furan rings is 1. The van der Waals surface area contributed by atoms with E-state index in [4.69, 9.17) is 9.15 Å². The fraction of sp³-hybridized carbons (Fsp3) is 0.0400. The van der Waals surface area contributed by atoms with E-state index in [1.165, 1.54) is 18.5 Å². The Morgan fingerprint density at radius 2 is 1.81 bits per heavy atom. The minimum atomic E-state index is -0.270. The number of hydrogen-bond donors (Lipinski definition) is 1. The lowest BCUT2D eigenvalue weighted by Gasteiger charge is -2.11. The summed E-state index contributed by atoms with van der Waals surface area (Å²) < 4.78 is 24.5. The summed E-state index contributed by atoms with van der Waals surface area (Å²) in [4.78, 5) is 8.76. The molecule has 0 saturated carbocycles. The Labute approximate surface area is 178 Å². The molecule has 0 bridgehead atoms. The van der Waals surface area contributed by atoms with Crippen molar-refractivity contribution >= 4 is 22.4 Å². The zero-order valence-corrected chi connectivity index (χ0v) is 16.5. The number of fused-ring (bicyclic) bond motifs is 1. The van der Waals surface area contributed by atoms with Gasteiger partial charge in [-0.3, -0.25) is 0 Å². The molecule has 5 nitrogen and oxygen atoms in total. The van der Waals surface area contributed by atoms with Crippen LogP contribution in [0.2, 0.25) is 0 Å². The molecule has 0 aliphatic heterocycles. The van der Waals surface area contributed by atoms with Crippen molar-refractivity contribution in [3.8, 4) is 17.1 Å². The van der Waals surface area contributed by atoms with Crippen molar-refractivity contribution in [2.24, 2.45) is 0 Å². The molecule has 0 spiro atoms. The number of nitrogens with one attached hydrogen (secondary N) is 1. The maximum absolute atomic E-state index is 13.3. The van der Waals surface area contributed by atoms with Crippen LogP contribution in [0.4, 0.5) is 15.9 Å². The smallest absolute Gasteiger partial charge is 0.141 e. The summed E-state index contributed by atoms with van der Waals surface area (Å²) in [7, 11) is 0. The van der Waals surface area contributed by atoms with Gasteiger partial charge in [-0.1, -0.05) is 12.1 Å². The van der Waals surface area contributed by atoms with E-state index in [0.717, 1.165) is 33.5 Å². The molecule has 3 aromatic carbocycles. The first-order chi connectivity index (χ1) is 15.2. The van der Waals surface area contributed by atoms with Gasteiger partial charge in [-0.25, -0.2) is 14.4 Å². The largest absolute Gasteiger partial charge is 0.489 e. The highest BCUT2D eigenvalue weighted by Gasteiger charge is 2.08. The number of nitrogens with zero attached hydrogens (tertiary/aromatic N) is 2. The van der Waals surface area contributed by atoms with Gasteiger partial charge in [-0.2, -0.15) is 0 Å². The summed E-state index contributed by atoms with van der Waals surface area (Å²) in [6.45, 7) is 0.302. The Bertz CT molecular complexity index is 1320. The van der Waals surface area contributed by atoms with Crippen LogP contribution in [0.15, 0.2) is 95.9 Å². The molecule has 5 aromatic rings. The van der Waals surface area contributed by atoms with Gasteiger partial charge in [0.25, 0.3) is 0 Å². The molecular weight excluding hydrogens is 393 g/mol. The third-order valence-corrected chi connectivity index (χ3v) is 4.85. The average Bonchev–Trinajstić information content (AvgIpc) is 3.34. The summed E-state index contributed by atoms with van der Waals surface area (Å²) in [6, 6.07) is 23.6. The van der Waals surface area contributed by atoms with Crippen LogP contribution in [0.25, 0.3) is 22.2 Å². The number of benzene rings is 3. The van der Waals surface area contributed by atoms with Crippen LogP contribution in [0.5, 0.6) is 5.75 Å². The Balaban J connectivity index is 1.34. The standard InChI is InChI=1S/C25H18FN3O2/c26-19-4-1-3-17(13-19)15-31-21-9-7-20(8-10-21)29-25-22-14-18(24-5-2-12-30-24)6-11-23(22)27-16-28-25/h1-14,16H,15H2,(H,27,28,29). The Morgan fingerprint density at radius 3 is 2.61 bits per heavy atom. The molecule has 0 aliphatic carbocycles. The minimum absolute atomic E-state index is 0.270. The van der Waals surface area contributed by atoms with Gasteiger partial charge in [0, 0.05) is 16.6 Å². The molecule has 2 heterocycles. The summed E-state index contributed by atoms with van der Waals surface area (Å²) in [5.41, 5.74) is 3.43. The minimum Gasteiger partial charge on any atom is -0.489 e. The average molecular weight is 411 g/mol. The van der Waals surface area contributed by atoms with Gasteiger partial charge in [-0.05, 0) is 72.3 Å². The first-order valence-corrected chi connectivity index (χ1v) is 9.77. The van der Waals surface area contributed by atoms with Crippen molar-refractivity contribution in [3.05, 3.63) is 103 Å². The molecule has 0 fully saturated rings. The van der Waals surface area contributed by atoms with Gasteiger partial charge in [0.2, 0.25) is 0 Å². The van der Waals surface area contributed by atoms with E-state index < -0.39 is 0 Å². The normalized spacial score (nSPS) is 10.9. The van der Waals surface area contributed by atoms with Gasteiger partial charge in [0.1, 0.15) is 36.1 Å². The number of ether oxygens (including phenoxy) is 1. The van der Waals surface area contributed by atoms with Crippen molar-refractivity contribution in [3.63, 3.8) is 0 Å². The van der Waals surface area contributed by atoms with Gasteiger partial charge in [0.05, 0.1) is 11.8 Å². The second-order valence-electron chi connectivity index (χ2n) is 7.00. The van der Waals surface area contributed by atoms with Gasteiger partial charge in [0.15, 0.2) is 0 Å². The van der Waals surface area contributed by atoms with Gasteiger partial charge < -0.3 is 14.5 Å². The maximum atomic E-state index is 13.3. The molecule has 2 aromatic heterocycles. The van der Waals surface area contributed by atoms with Crippen LogP contribution in [-0.2, 0) is 6.61 Å². The molecular formula is C25H18FN3O2. The Morgan fingerprint density at radius 1 is 0.903 bits per heavy atom. The Kier molecular flexibility index (Phi) is 5.02. The molecule has 152 valence electrons. The fourth-order valence-corrected chi connectivity index (χ4v) is 3.32. The van der Waals surface area contributed by atoms with Gasteiger partial charge >= 0.3 is 0 Å². The number of rotatable bonds is 6. The van der Waals surface area contributed by atoms with Crippen molar-refractivity contribution in [2.75, 3.05) is 5.32 Å². The quantitative estimate of drug-likeness (QED) is 0.353. The molecule has 1 N–H and O–H groups in total. The SMILES string of the molecule is Fc1cccc(COc2ccc(Nc3ncnc4ccc(-c5ccco5)cc34)cc2)c1. The third-order valence-electron chi connectivity index (χ3n) is 4.85. The molecule has 31 heavy (non-hydrogen) atoms. The first-order valence-electron chi connectivity index (χ1n) is 9.77. The summed E-state index contributed by atoms with van der Waals surface area (Å²) in [6.07, 6.45) is 3.19. The van der Waals surface area contributed by atoms with E-state index in [1.54, 1.807) is 12.3 Å². The molecule has 5 rings (SSSR count). The highest BCUT2D eigenvalue weighted by Crippen LogP contribution is 2.29. The van der Waals surface area contributed by atoms with E-state index >= 15 is 0 Å². The van der Waals surface area contributed by atoms with Crippen molar-refractivity contribution in [1.29, 1.82) is 0 Å². The lowest BCUT2D eigenvalue weighted by atomic mass is 10.1. The highest BCUT2D eigenvalue weighted by atomic mass is 19.1. The molecule has 6 heteroatoms. The number of halogens is 1. The molecule has 0 radical (unpaired) electrons. The lowest BCUT2D eigenvalue weighted by molar-refractivity contribution is 0.305. The van der Waals surface area contributed by atoms with Gasteiger partial charge in [-0.15, -0.1) is 0 Å². The number of anilines is 2. The predicted octanol–water partition coefficient (Wildman–Crippen LogP) is 6.35. The summed E-state index contributed by atoms with van der Waals surface area (Å²) in [5, 5.41) is 4.23. The predicted molar refractivity (Wildman–Crippen MR) is 118 cm³/mol. The van der Waals surface area contributed by atoms with Crippen LogP contribution in [0, 0.1) is 5.82 Å². The maximum Gasteiger partial charge on any atom is 0.141 e. The van der Waals surface area contributed by atoms with Crippen LogP contribution in [-0.4, -0.2) is 9.97 Å². The fourth-order valence-electron chi connectivity index (χ4n) is 3.32. The highest BCUT2D eigenvalue weighted by molar-refractivity contribution is 5.93. The zero-order valence-electron chi connectivity index (χ0n) is 16.5. The zero-order chi connectivity index (χ0) is 21.0. The molecule has 0 atom stereocenters. The number of aromatic nitrogens is 2. The van der Waals surface area contributed by atoms with E-state index in [0.29, 0.717) is 18.2 Å². The monoisotopic (exact) mass is 411 g/mol. The molecule has 0 saturated heterocycles. The molecule has 0 aliphatic rings. The van der Waals surface area contributed by atoms with E-state index in [1.807, 2.05) is 60.7 Å².